The molecule has 2 atom stereocenters. The second-order valence-electron chi connectivity index (χ2n) is 8.17. The number of aromatic nitrogens is 2. The smallest absolute Gasteiger partial charge is 0.352 e. The highest BCUT2D eigenvalue weighted by molar-refractivity contribution is 5.94. The molecule has 1 saturated heterocycles. The minimum Gasteiger partial charge on any atom is -0.394 e. The fraction of sp³-hybridized carbons (Fsp3) is 0.435. The molecule has 35 heavy (non-hydrogen) atoms. The number of unbranched alkanes of at least 4 members (excludes halogenated alkanes) is 1. The molecule has 0 bridgehead atoms. The van der Waals surface area contributed by atoms with Gasteiger partial charge in [-0.25, -0.2) is 9.18 Å². The van der Waals surface area contributed by atoms with Gasteiger partial charge in [0.15, 0.2) is 0 Å². The van der Waals surface area contributed by atoms with Crippen molar-refractivity contribution in [3.05, 3.63) is 67.7 Å². The number of carbonyl (C=O) groups is 2. The third-order valence-electron chi connectivity index (χ3n) is 5.59. The SMILES string of the molecule is Cc1cn([C@H]2CC[C@@H](CO)O2)c(=O)n(NC(=O)CCCCNC(=O)c2ccc(F)c(C#N)c2)c1=O. The van der Waals surface area contributed by atoms with E-state index in [0.29, 0.717) is 30.4 Å². The van der Waals surface area contributed by atoms with Crippen molar-refractivity contribution in [3.63, 3.8) is 0 Å². The van der Waals surface area contributed by atoms with Gasteiger partial charge in [-0.1, -0.05) is 0 Å². The number of nitrogens with one attached hydrogen (secondary N) is 2. The van der Waals surface area contributed by atoms with E-state index < -0.39 is 35.1 Å². The summed E-state index contributed by atoms with van der Waals surface area (Å²) in [6.07, 6.45) is 2.18. The first-order valence-corrected chi connectivity index (χ1v) is 11.1. The standard InChI is InChI=1S/C23H26FN5O6/c1-14-12-28(20-8-6-17(13-30)35-20)23(34)29(22(14)33)27-19(31)4-2-3-9-26-21(32)15-5-7-18(24)16(10-15)11-25/h5,7,10,12,17,20,30H,2-4,6,8-9,13H2,1H3,(H,26,32)(H,27,31)/t17-,20+/m0/s1. The van der Waals surface area contributed by atoms with Crippen molar-refractivity contribution >= 4 is 11.8 Å². The Morgan fingerprint density at radius 2 is 2.06 bits per heavy atom. The maximum atomic E-state index is 13.4. The molecule has 0 unspecified atom stereocenters. The van der Waals surface area contributed by atoms with Gasteiger partial charge in [0.25, 0.3) is 11.5 Å². The zero-order valence-electron chi connectivity index (χ0n) is 19.1. The average molecular weight is 487 g/mol. The monoisotopic (exact) mass is 487 g/mol. The zero-order chi connectivity index (χ0) is 25.5. The highest BCUT2D eigenvalue weighted by atomic mass is 19.1. The fourth-order valence-corrected chi connectivity index (χ4v) is 3.68. The Balaban J connectivity index is 1.52. The number of rotatable bonds is 9. The maximum Gasteiger partial charge on any atom is 0.352 e. The van der Waals surface area contributed by atoms with Gasteiger partial charge in [0.05, 0.1) is 18.3 Å². The minimum atomic E-state index is -0.749. The molecule has 1 aromatic heterocycles. The van der Waals surface area contributed by atoms with Crippen LogP contribution in [0.1, 0.15) is 59.8 Å². The van der Waals surface area contributed by atoms with Gasteiger partial charge in [0, 0.05) is 30.3 Å². The lowest BCUT2D eigenvalue weighted by Crippen LogP contribution is -2.48. The number of nitrogens with zero attached hydrogens (tertiary/aromatic N) is 3. The van der Waals surface area contributed by atoms with E-state index in [1.165, 1.54) is 23.8 Å². The number of hydrogen-bond donors (Lipinski definition) is 3. The molecule has 186 valence electrons. The van der Waals surface area contributed by atoms with Crippen LogP contribution < -0.4 is 22.0 Å². The predicted octanol–water partition coefficient (Wildman–Crippen LogP) is 0.669. The normalized spacial score (nSPS) is 17.1. The molecule has 1 aromatic carbocycles. The van der Waals surface area contributed by atoms with Gasteiger partial charge in [-0.15, -0.1) is 0 Å². The summed E-state index contributed by atoms with van der Waals surface area (Å²) < 4.78 is 20.9. The zero-order valence-corrected chi connectivity index (χ0v) is 19.1. The van der Waals surface area contributed by atoms with E-state index in [9.17, 15) is 28.7 Å². The second-order valence-corrected chi connectivity index (χ2v) is 8.17. The molecule has 1 fully saturated rings. The van der Waals surface area contributed by atoms with E-state index in [0.717, 1.165) is 12.1 Å². The van der Waals surface area contributed by atoms with Crippen LogP contribution in [-0.4, -0.2) is 45.4 Å². The largest absolute Gasteiger partial charge is 0.394 e. The van der Waals surface area contributed by atoms with Crippen molar-refractivity contribution in [3.8, 4) is 6.07 Å². The van der Waals surface area contributed by atoms with E-state index in [-0.39, 0.29) is 42.4 Å². The van der Waals surface area contributed by atoms with E-state index >= 15 is 0 Å². The Morgan fingerprint density at radius 1 is 1.29 bits per heavy atom. The quantitative estimate of drug-likeness (QED) is 0.439. The van der Waals surface area contributed by atoms with Gasteiger partial charge in [0.2, 0.25) is 5.91 Å². The molecule has 12 heteroatoms. The summed E-state index contributed by atoms with van der Waals surface area (Å²) in [6.45, 7) is 1.57. The molecular weight excluding hydrogens is 461 g/mol. The van der Waals surface area contributed by atoms with E-state index in [1.807, 2.05) is 0 Å². The van der Waals surface area contributed by atoms with Gasteiger partial charge in [-0.2, -0.15) is 9.94 Å². The van der Waals surface area contributed by atoms with Crippen LogP contribution in [0.5, 0.6) is 0 Å². The van der Waals surface area contributed by atoms with Gasteiger partial charge in [0.1, 0.15) is 18.1 Å². The number of amides is 2. The third kappa shape index (κ3) is 6.20. The Hall–Kier alpha value is -3.82. The molecule has 0 radical (unpaired) electrons. The Morgan fingerprint density at radius 3 is 2.74 bits per heavy atom. The molecule has 0 spiro atoms. The van der Waals surface area contributed by atoms with E-state index in [4.69, 9.17) is 10.00 Å². The number of carbonyl (C=O) groups excluding carboxylic acids is 2. The highest BCUT2D eigenvalue weighted by Crippen LogP contribution is 2.26. The van der Waals surface area contributed by atoms with Crippen molar-refractivity contribution in [1.82, 2.24) is 14.6 Å². The second kappa shape index (κ2) is 11.5. The lowest BCUT2D eigenvalue weighted by atomic mass is 10.1. The molecule has 1 aliphatic heterocycles. The molecule has 2 aromatic rings. The molecular formula is C23H26FN5O6. The van der Waals surface area contributed by atoms with Crippen LogP contribution in [0.3, 0.4) is 0 Å². The van der Waals surface area contributed by atoms with Crippen LogP contribution in [-0.2, 0) is 9.53 Å². The predicted molar refractivity (Wildman–Crippen MR) is 122 cm³/mol. The number of benzene rings is 1. The number of aryl methyl sites for hydroxylation is 1. The number of nitriles is 1. The summed E-state index contributed by atoms with van der Waals surface area (Å²) in [5, 5.41) is 20.7. The van der Waals surface area contributed by atoms with E-state index in [1.54, 1.807) is 6.07 Å². The summed E-state index contributed by atoms with van der Waals surface area (Å²) in [4.78, 5) is 49.7. The molecule has 2 amide bonds. The summed E-state index contributed by atoms with van der Waals surface area (Å²) in [7, 11) is 0. The molecule has 0 aliphatic carbocycles. The Labute approximate surface area is 199 Å². The lowest BCUT2D eigenvalue weighted by Gasteiger charge is -2.18. The molecule has 2 heterocycles. The van der Waals surface area contributed by atoms with Crippen LogP contribution in [0, 0.1) is 24.1 Å². The van der Waals surface area contributed by atoms with Crippen LogP contribution >= 0.6 is 0 Å². The van der Waals surface area contributed by atoms with Crippen molar-refractivity contribution in [1.29, 1.82) is 5.26 Å². The summed E-state index contributed by atoms with van der Waals surface area (Å²) in [6, 6.07) is 5.14. The summed E-state index contributed by atoms with van der Waals surface area (Å²) >= 11 is 0. The first kappa shape index (κ1) is 25.8. The number of halogens is 1. The summed E-state index contributed by atoms with van der Waals surface area (Å²) in [5.74, 6) is -1.74. The van der Waals surface area contributed by atoms with Crippen molar-refractivity contribution in [2.24, 2.45) is 0 Å². The molecule has 1 aliphatic rings. The number of aliphatic hydroxyl groups excluding tert-OH is 1. The Bertz CT molecular complexity index is 1260. The highest BCUT2D eigenvalue weighted by Gasteiger charge is 2.28. The first-order chi connectivity index (χ1) is 16.7. The summed E-state index contributed by atoms with van der Waals surface area (Å²) in [5.41, 5.74) is 1.08. The molecule has 3 rings (SSSR count). The lowest BCUT2D eigenvalue weighted by molar-refractivity contribution is -0.117. The van der Waals surface area contributed by atoms with Crippen molar-refractivity contribution < 1.29 is 23.8 Å². The van der Waals surface area contributed by atoms with Crippen molar-refractivity contribution in [2.45, 2.75) is 51.4 Å². The van der Waals surface area contributed by atoms with Crippen LogP contribution in [0.25, 0.3) is 0 Å². The maximum absolute atomic E-state index is 13.4. The third-order valence-corrected chi connectivity index (χ3v) is 5.59. The van der Waals surface area contributed by atoms with Crippen LogP contribution in [0.4, 0.5) is 4.39 Å². The molecule has 11 nitrogen and oxygen atoms in total. The topological polar surface area (TPSA) is 155 Å². The van der Waals surface area contributed by atoms with Crippen LogP contribution in [0.15, 0.2) is 34.0 Å². The average Bonchev–Trinajstić information content (AvgIpc) is 3.33. The first-order valence-electron chi connectivity index (χ1n) is 11.1. The van der Waals surface area contributed by atoms with Crippen molar-refractivity contribution in [2.75, 3.05) is 18.6 Å². The number of aliphatic hydroxyl groups is 1. The van der Waals surface area contributed by atoms with Gasteiger partial charge in [-0.3, -0.25) is 24.4 Å². The van der Waals surface area contributed by atoms with Gasteiger partial charge < -0.3 is 15.2 Å². The fourth-order valence-electron chi connectivity index (χ4n) is 3.68. The Kier molecular flexibility index (Phi) is 8.51. The number of hydrogen-bond acceptors (Lipinski definition) is 7. The molecule has 0 saturated carbocycles. The minimum absolute atomic E-state index is 0.00264. The molecule has 3 N–H and O–H groups in total. The number of ether oxygens (including phenoxy) is 1. The van der Waals surface area contributed by atoms with Gasteiger partial charge in [-0.05, 0) is 50.8 Å². The van der Waals surface area contributed by atoms with Crippen LogP contribution in [0.2, 0.25) is 0 Å². The van der Waals surface area contributed by atoms with Gasteiger partial charge >= 0.3 is 5.69 Å². The van der Waals surface area contributed by atoms with E-state index in [2.05, 4.69) is 10.7 Å².